The number of hydrogen-bond acceptors (Lipinski definition) is 2. The van der Waals surface area contributed by atoms with Gasteiger partial charge in [-0.1, -0.05) is 19.1 Å². The number of aromatic nitrogens is 1. The molecule has 1 aliphatic rings. The summed E-state index contributed by atoms with van der Waals surface area (Å²) in [5.74, 6) is 0.340. The number of phenolic OH excluding ortho intramolecular Hbond substituents is 1. The molecule has 1 aliphatic carbocycles. The highest BCUT2D eigenvalue weighted by atomic mass is 16.3. The molecule has 3 heteroatoms. The van der Waals surface area contributed by atoms with Crippen molar-refractivity contribution in [3.8, 4) is 5.75 Å². The van der Waals surface area contributed by atoms with E-state index in [-0.39, 0.29) is 0 Å². The molecule has 0 amide bonds. The van der Waals surface area contributed by atoms with E-state index < -0.39 is 0 Å². The SMILES string of the molecule is CCCNC1CCCc2cn(Cc3cccc(O)c3)cc21. The molecular weight excluding hydrogens is 260 g/mol. The van der Waals surface area contributed by atoms with Crippen molar-refractivity contribution in [3.63, 3.8) is 0 Å². The van der Waals surface area contributed by atoms with Crippen LogP contribution >= 0.6 is 0 Å². The van der Waals surface area contributed by atoms with Gasteiger partial charge in [-0.25, -0.2) is 0 Å². The summed E-state index contributed by atoms with van der Waals surface area (Å²) in [5, 5.41) is 13.2. The molecule has 112 valence electrons. The molecule has 0 fully saturated rings. The van der Waals surface area contributed by atoms with Crippen LogP contribution in [0, 0.1) is 0 Å². The maximum absolute atomic E-state index is 9.57. The summed E-state index contributed by atoms with van der Waals surface area (Å²) in [6, 6.07) is 8.03. The average molecular weight is 284 g/mol. The highest BCUT2D eigenvalue weighted by molar-refractivity contribution is 5.32. The average Bonchev–Trinajstić information content (AvgIpc) is 2.88. The van der Waals surface area contributed by atoms with Gasteiger partial charge in [-0.3, -0.25) is 0 Å². The Morgan fingerprint density at radius 2 is 2.24 bits per heavy atom. The lowest BCUT2D eigenvalue weighted by Gasteiger charge is -2.23. The van der Waals surface area contributed by atoms with Crippen molar-refractivity contribution in [1.29, 1.82) is 0 Å². The molecule has 1 unspecified atom stereocenters. The predicted molar refractivity (Wildman–Crippen MR) is 85.6 cm³/mol. The van der Waals surface area contributed by atoms with Crippen LogP contribution in [0.4, 0.5) is 0 Å². The van der Waals surface area contributed by atoms with E-state index in [1.165, 1.54) is 36.8 Å². The predicted octanol–water partition coefficient (Wildman–Crippen LogP) is 3.62. The number of aryl methyl sites for hydroxylation is 1. The number of aromatic hydroxyl groups is 1. The minimum absolute atomic E-state index is 0.340. The van der Waals surface area contributed by atoms with E-state index in [4.69, 9.17) is 0 Å². The standard InChI is InChI=1S/C18H24N2O/c1-2-9-19-18-8-4-6-15-12-20(13-17(15)18)11-14-5-3-7-16(21)10-14/h3,5,7,10,12-13,18-19,21H,2,4,6,8-9,11H2,1H3. The van der Waals surface area contributed by atoms with Crippen molar-refractivity contribution in [1.82, 2.24) is 9.88 Å². The topological polar surface area (TPSA) is 37.2 Å². The Kier molecular flexibility index (Phi) is 4.30. The fourth-order valence-electron chi connectivity index (χ4n) is 3.24. The molecule has 1 atom stereocenters. The first kappa shape index (κ1) is 14.2. The van der Waals surface area contributed by atoms with Crippen LogP contribution in [0.5, 0.6) is 5.75 Å². The van der Waals surface area contributed by atoms with Gasteiger partial charge >= 0.3 is 0 Å². The Labute approximate surface area is 126 Å². The van der Waals surface area contributed by atoms with Gasteiger partial charge in [-0.05, 0) is 61.1 Å². The van der Waals surface area contributed by atoms with Gasteiger partial charge < -0.3 is 15.0 Å². The minimum Gasteiger partial charge on any atom is -0.508 e. The van der Waals surface area contributed by atoms with E-state index in [9.17, 15) is 5.11 Å². The first-order valence-corrected chi connectivity index (χ1v) is 7.96. The lowest BCUT2D eigenvalue weighted by atomic mass is 9.91. The van der Waals surface area contributed by atoms with Crippen molar-refractivity contribution in [2.75, 3.05) is 6.54 Å². The van der Waals surface area contributed by atoms with Crippen LogP contribution in [0.2, 0.25) is 0 Å². The number of rotatable bonds is 5. The molecule has 3 nitrogen and oxygen atoms in total. The van der Waals surface area contributed by atoms with Gasteiger partial charge in [0, 0.05) is 25.0 Å². The summed E-state index contributed by atoms with van der Waals surface area (Å²) in [6.45, 7) is 4.12. The zero-order chi connectivity index (χ0) is 14.7. The fourth-order valence-corrected chi connectivity index (χ4v) is 3.24. The molecule has 2 N–H and O–H groups in total. The number of nitrogens with one attached hydrogen (secondary N) is 1. The largest absolute Gasteiger partial charge is 0.508 e. The van der Waals surface area contributed by atoms with Crippen LogP contribution in [0.3, 0.4) is 0 Å². The third-order valence-electron chi connectivity index (χ3n) is 4.23. The number of phenols is 1. The highest BCUT2D eigenvalue weighted by Gasteiger charge is 2.21. The fraction of sp³-hybridized carbons (Fsp3) is 0.444. The van der Waals surface area contributed by atoms with E-state index in [2.05, 4.69) is 35.3 Å². The van der Waals surface area contributed by atoms with E-state index in [0.717, 1.165) is 18.7 Å². The second-order valence-corrected chi connectivity index (χ2v) is 5.98. The molecule has 2 aromatic rings. The van der Waals surface area contributed by atoms with E-state index in [1.54, 1.807) is 6.07 Å². The van der Waals surface area contributed by atoms with Gasteiger partial charge in [0.05, 0.1) is 0 Å². The Morgan fingerprint density at radius 1 is 1.33 bits per heavy atom. The van der Waals surface area contributed by atoms with Crippen LogP contribution in [-0.4, -0.2) is 16.2 Å². The Hall–Kier alpha value is -1.74. The summed E-state index contributed by atoms with van der Waals surface area (Å²) in [5.41, 5.74) is 4.09. The number of hydrogen-bond donors (Lipinski definition) is 2. The van der Waals surface area contributed by atoms with E-state index in [0.29, 0.717) is 11.8 Å². The molecule has 0 bridgehead atoms. The van der Waals surface area contributed by atoms with E-state index >= 15 is 0 Å². The molecule has 1 aromatic heterocycles. The Morgan fingerprint density at radius 3 is 3.05 bits per heavy atom. The quantitative estimate of drug-likeness (QED) is 0.880. The third kappa shape index (κ3) is 3.30. The monoisotopic (exact) mass is 284 g/mol. The van der Waals surface area contributed by atoms with Gasteiger partial charge in [-0.15, -0.1) is 0 Å². The summed E-state index contributed by atoms with van der Waals surface area (Å²) >= 11 is 0. The Bertz CT molecular complexity index is 603. The molecule has 3 rings (SSSR count). The highest BCUT2D eigenvalue weighted by Crippen LogP contribution is 2.30. The molecule has 0 aliphatic heterocycles. The second kappa shape index (κ2) is 6.35. The Balaban J connectivity index is 1.78. The van der Waals surface area contributed by atoms with Crippen molar-refractivity contribution in [2.24, 2.45) is 0 Å². The zero-order valence-corrected chi connectivity index (χ0v) is 12.7. The van der Waals surface area contributed by atoms with Crippen LogP contribution in [-0.2, 0) is 13.0 Å². The number of benzene rings is 1. The molecule has 1 aromatic carbocycles. The van der Waals surface area contributed by atoms with Crippen LogP contribution in [0.1, 0.15) is 48.9 Å². The summed E-state index contributed by atoms with van der Waals surface area (Å²) in [4.78, 5) is 0. The lowest BCUT2D eigenvalue weighted by molar-refractivity contribution is 0.462. The zero-order valence-electron chi connectivity index (χ0n) is 12.7. The van der Waals surface area contributed by atoms with Gasteiger partial charge in [0.15, 0.2) is 0 Å². The summed E-state index contributed by atoms with van der Waals surface area (Å²) < 4.78 is 2.26. The molecule has 0 radical (unpaired) electrons. The van der Waals surface area contributed by atoms with Gasteiger partial charge in [0.1, 0.15) is 5.75 Å². The van der Waals surface area contributed by atoms with Crippen molar-refractivity contribution >= 4 is 0 Å². The smallest absolute Gasteiger partial charge is 0.115 e. The van der Waals surface area contributed by atoms with Crippen LogP contribution in [0.15, 0.2) is 36.7 Å². The van der Waals surface area contributed by atoms with Crippen molar-refractivity contribution in [2.45, 2.75) is 45.2 Å². The minimum atomic E-state index is 0.340. The molecule has 21 heavy (non-hydrogen) atoms. The van der Waals surface area contributed by atoms with Crippen molar-refractivity contribution < 1.29 is 5.11 Å². The molecule has 0 spiro atoms. The molecular formula is C18H24N2O. The lowest BCUT2D eigenvalue weighted by Crippen LogP contribution is -2.24. The van der Waals surface area contributed by atoms with Gasteiger partial charge in [0.2, 0.25) is 0 Å². The maximum Gasteiger partial charge on any atom is 0.115 e. The molecule has 0 saturated carbocycles. The normalized spacial score (nSPS) is 17.7. The maximum atomic E-state index is 9.57. The van der Waals surface area contributed by atoms with Crippen LogP contribution < -0.4 is 5.32 Å². The summed E-state index contributed by atoms with van der Waals surface area (Å²) in [7, 11) is 0. The molecule has 0 saturated heterocycles. The van der Waals surface area contributed by atoms with Gasteiger partial charge in [-0.2, -0.15) is 0 Å². The van der Waals surface area contributed by atoms with Crippen LogP contribution in [0.25, 0.3) is 0 Å². The van der Waals surface area contributed by atoms with E-state index in [1.807, 2.05) is 12.1 Å². The number of fused-ring (bicyclic) bond motifs is 1. The van der Waals surface area contributed by atoms with Crippen molar-refractivity contribution in [3.05, 3.63) is 53.3 Å². The third-order valence-corrected chi connectivity index (χ3v) is 4.23. The second-order valence-electron chi connectivity index (χ2n) is 5.98. The summed E-state index contributed by atoms with van der Waals surface area (Å²) in [6.07, 6.45) is 9.43. The first-order valence-electron chi connectivity index (χ1n) is 7.96. The number of nitrogens with zero attached hydrogens (tertiary/aromatic N) is 1. The van der Waals surface area contributed by atoms with Gasteiger partial charge in [0.25, 0.3) is 0 Å². The molecule has 1 heterocycles. The first-order chi connectivity index (χ1) is 10.3.